The number of halogens is 1. The van der Waals surface area contributed by atoms with E-state index < -0.39 is 5.97 Å². The zero-order valence-electron chi connectivity index (χ0n) is 15.3. The van der Waals surface area contributed by atoms with Crippen LogP contribution in [0.3, 0.4) is 0 Å². The second-order valence-corrected chi connectivity index (χ2v) is 6.30. The van der Waals surface area contributed by atoms with Crippen molar-refractivity contribution in [3.8, 4) is 22.8 Å². The third kappa shape index (κ3) is 3.97. The standard InChI is InChI=1S/C20H15ClN4O4/c1-27-16-11-25(13-7-3-2-4-8-13)23-18(16)20(26)28-12-17-22-19(24-29-17)14-9-5-6-10-15(14)21/h2-11H,12H2,1H3. The first-order valence-corrected chi connectivity index (χ1v) is 8.97. The zero-order valence-corrected chi connectivity index (χ0v) is 16.0. The fourth-order valence-electron chi connectivity index (χ4n) is 2.62. The van der Waals surface area contributed by atoms with Gasteiger partial charge in [0.2, 0.25) is 11.5 Å². The number of aromatic nitrogens is 4. The van der Waals surface area contributed by atoms with Crippen LogP contribution in [0, 0.1) is 0 Å². The first-order chi connectivity index (χ1) is 14.2. The topological polar surface area (TPSA) is 92.3 Å². The van der Waals surface area contributed by atoms with Crippen molar-refractivity contribution in [3.05, 3.63) is 77.4 Å². The monoisotopic (exact) mass is 410 g/mol. The molecule has 0 aliphatic rings. The van der Waals surface area contributed by atoms with Crippen LogP contribution in [0.4, 0.5) is 0 Å². The van der Waals surface area contributed by atoms with Crippen LogP contribution in [-0.2, 0) is 11.3 Å². The minimum atomic E-state index is -0.672. The molecule has 0 radical (unpaired) electrons. The third-order valence-corrected chi connectivity index (χ3v) is 4.35. The second-order valence-electron chi connectivity index (χ2n) is 5.89. The highest BCUT2D eigenvalue weighted by molar-refractivity contribution is 6.33. The molecule has 9 heteroatoms. The van der Waals surface area contributed by atoms with E-state index in [0.29, 0.717) is 22.2 Å². The predicted octanol–water partition coefficient (Wildman–Crippen LogP) is 3.94. The first kappa shape index (κ1) is 18.7. The van der Waals surface area contributed by atoms with E-state index in [1.807, 2.05) is 36.4 Å². The molecule has 146 valence electrons. The van der Waals surface area contributed by atoms with Crippen LogP contribution in [0.15, 0.2) is 65.3 Å². The molecule has 0 saturated carbocycles. The van der Waals surface area contributed by atoms with Gasteiger partial charge in [0.15, 0.2) is 12.4 Å². The SMILES string of the molecule is COc1cn(-c2ccccc2)nc1C(=O)OCc1nc(-c2ccccc2Cl)no1. The van der Waals surface area contributed by atoms with E-state index in [-0.39, 0.29) is 18.2 Å². The molecule has 0 unspecified atom stereocenters. The average Bonchev–Trinajstić information content (AvgIpc) is 3.40. The Balaban J connectivity index is 1.48. The Morgan fingerprint density at radius 2 is 1.90 bits per heavy atom. The molecule has 0 N–H and O–H groups in total. The molecule has 2 aromatic heterocycles. The van der Waals surface area contributed by atoms with Gasteiger partial charge < -0.3 is 14.0 Å². The van der Waals surface area contributed by atoms with Crippen LogP contribution >= 0.6 is 11.6 Å². The first-order valence-electron chi connectivity index (χ1n) is 8.59. The van der Waals surface area contributed by atoms with Crippen molar-refractivity contribution in [2.24, 2.45) is 0 Å². The van der Waals surface area contributed by atoms with Crippen LogP contribution in [-0.4, -0.2) is 33.0 Å². The molecule has 0 spiro atoms. The summed E-state index contributed by atoms with van der Waals surface area (Å²) in [5, 5.41) is 8.62. The van der Waals surface area contributed by atoms with E-state index in [4.69, 9.17) is 25.6 Å². The van der Waals surface area contributed by atoms with Crippen molar-refractivity contribution >= 4 is 17.6 Å². The lowest BCUT2D eigenvalue weighted by Crippen LogP contribution is -2.08. The quantitative estimate of drug-likeness (QED) is 0.444. The normalized spacial score (nSPS) is 10.7. The number of carbonyl (C=O) groups is 1. The van der Waals surface area contributed by atoms with E-state index in [0.717, 1.165) is 5.69 Å². The van der Waals surface area contributed by atoms with Crippen molar-refractivity contribution in [3.63, 3.8) is 0 Å². The van der Waals surface area contributed by atoms with Crippen LogP contribution in [0.25, 0.3) is 17.1 Å². The van der Waals surface area contributed by atoms with Crippen LogP contribution < -0.4 is 4.74 Å². The summed E-state index contributed by atoms with van der Waals surface area (Å²) in [5.74, 6) is 0.0671. The van der Waals surface area contributed by atoms with Crippen molar-refractivity contribution in [2.75, 3.05) is 7.11 Å². The van der Waals surface area contributed by atoms with Gasteiger partial charge in [0.1, 0.15) is 0 Å². The van der Waals surface area contributed by atoms with Gasteiger partial charge in [-0.15, -0.1) is 0 Å². The van der Waals surface area contributed by atoms with Gasteiger partial charge in [-0.1, -0.05) is 47.1 Å². The molecule has 2 heterocycles. The smallest absolute Gasteiger partial charge is 0.363 e. The summed E-state index contributed by atoms with van der Waals surface area (Å²) >= 11 is 6.13. The lowest BCUT2D eigenvalue weighted by atomic mass is 10.2. The largest absolute Gasteiger partial charge is 0.493 e. The summed E-state index contributed by atoms with van der Waals surface area (Å²) in [6, 6.07) is 16.4. The fraction of sp³-hybridized carbons (Fsp3) is 0.100. The van der Waals surface area contributed by atoms with Crippen molar-refractivity contribution < 1.29 is 18.8 Å². The molecule has 4 rings (SSSR count). The zero-order chi connectivity index (χ0) is 20.2. The van der Waals surface area contributed by atoms with Gasteiger partial charge in [0.25, 0.3) is 5.89 Å². The van der Waals surface area contributed by atoms with Gasteiger partial charge in [0.05, 0.1) is 24.0 Å². The molecule has 0 bridgehead atoms. The van der Waals surface area contributed by atoms with E-state index in [2.05, 4.69) is 15.2 Å². The third-order valence-electron chi connectivity index (χ3n) is 4.02. The minimum Gasteiger partial charge on any atom is -0.493 e. The van der Waals surface area contributed by atoms with Crippen LogP contribution in [0.5, 0.6) is 5.75 Å². The summed E-state index contributed by atoms with van der Waals surface area (Å²) in [4.78, 5) is 16.7. The molecule has 0 aliphatic carbocycles. The number of para-hydroxylation sites is 1. The number of ether oxygens (including phenoxy) is 2. The van der Waals surface area contributed by atoms with Crippen molar-refractivity contribution in [1.29, 1.82) is 0 Å². The van der Waals surface area contributed by atoms with Crippen molar-refractivity contribution in [1.82, 2.24) is 19.9 Å². The maximum absolute atomic E-state index is 12.5. The second kappa shape index (κ2) is 8.15. The predicted molar refractivity (Wildman–Crippen MR) is 104 cm³/mol. The highest BCUT2D eigenvalue weighted by Crippen LogP contribution is 2.25. The van der Waals surface area contributed by atoms with E-state index >= 15 is 0 Å². The Bertz CT molecular complexity index is 1140. The molecule has 0 saturated heterocycles. The molecule has 0 aliphatic heterocycles. The number of hydrogen-bond donors (Lipinski definition) is 0. The Kier molecular flexibility index (Phi) is 5.26. The Hall–Kier alpha value is -3.65. The molecule has 8 nitrogen and oxygen atoms in total. The highest BCUT2D eigenvalue weighted by Gasteiger charge is 2.21. The van der Waals surface area contributed by atoms with Gasteiger partial charge in [-0.05, 0) is 24.3 Å². The number of carbonyl (C=O) groups excluding carboxylic acids is 1. The number of hydrogen-bond acceptors (Lipinski definition) is 7. The maximum Gasteiger partial charge on any atom is 0.363 e. The van der Waals surface area contributed by atoms with Crippen LogP contribution in [0.1, 0.15) is 16.4 Å². The molecular weight excluding hydrogens is 396 g/mol. The summed E-state index contributed by atoms with van der Waals surface area (Å²) in [6.07, 6.45) is 1.61. The lowest BCUT2D eigenvalue weighted by Gasteiger charge is -2.01. The number of benzene rings is 2. The lowest BCUT2D eigenvalue weighted by molar-refractivity contribution is 0.0419. The van der Waals surface area contributed by atoms with E-state index in [9.17, 15) is 4.79 Å². The van der Waals surface area contributed by atoms with E-state index in [1.54, 1.807) is 24.4 Å². The number of esters is 1. The number of rotatable bonds is 6. The molecule has 29 heavy (non-hydrogen) atoms. The Morgan fingerprint density at radius 3 is 2.66 bits per heavy atom. The van der Waals surface area contributed by atoms with Crippen molar-refractivity contribution in [2.45, 2.75) is 6.61 Å². The fourth-order valence-corrected chi connectivity index (χ4v) is 2.84. The summed E-state index contributed by atoms with van der Waals surface area (Å²) in [7, 11) is 1.46. The molecule has 0 atom stereocenters. The summed E-state index contributed by atoms with van der Waals surface area (Å²) in [5.41, 5.74) is 1.45. The Morgan fingerprint density at radius 1 is 1.14 bits per heavy atom. The summed E-state index contributed by atoms with van der Waals surface area (Å²) in [6.45, 7) is -0.211. The van der Waals surface area contributed by atoms with Crippen LogP contribution in [0.2, 0.25) is 5.02 Å². The molecule has 0 amide bonds. The molecule has 4 aromatic rings. The number of methoxy groups -OCH3 is 1. The molecule has 0 fully saturated rings. The molecular formula is C20H15ClN4O4. The average molecular weight is 411 g/mol. The number of nitrogens with zero attached hydrogens (tertiary/aromatic N) is 4. The van der Waals surface area contributed by atoms with Gasteiger partial charge in [-0.25, -0.2) is 9.48 Å². The van der Waals surface area contributed by atoms with Gasteiger partial charge in [-0.3, -0.25) is 0 Å². The van der Waals surface area contributed by atoms with Gasteiger partial charge >= 0.3 is 5.97 Å². The van der Waals surface area contributed by atoms with Gasteiger partial charge in [-0.2, -0.15) is 10.1 Å². The molecule has 2 aromatic carbocycles. The summed E-state index contributed by atoms with van der Waals surface area (Å²) < 4.78 is 17.2. The maximum atomic E-state index is 12.5. The highest BCUT2D eigenvalue weighted by atomic mass is 35.5. The minimum absolute atomic E-state index is 0.0437. The van der Waals surface area contributed by atoms with E-state index in [1.165, 1.54) is 11.8 Å². The Labute approximate surface area is 170 Å². The van der Waals surface area contributed by atoms with Gasteiger partial charge in [0, 0.05) is 5.56 Å².